The normalized spacial score (nSPS) is 16.9. The minimum Gasteiger partial charge on any atom is -0.366 e. The van der Waals surface area contributed by atoms with Crippen LogP contribution in [0.1, 0.15) is 34.8 Å². The van der Waals surface area contributed by atoms with E-state index in [1.807, 2.05) is 24.3 Å². The van der Waals surface area contributed by atoms with Gasteiger partial charge in [-0.15, -0.1) is 5.10 Å². The number of carbonyl (C=O) groups is 3. The second kappa shape index (κ2) is 13.1. The zero-order valence-electron chi connectivity index (χ0n) is 23.3. The second-order valence-corrected chi connectivity index (χ2v) is 10.9. The van der Waals surface area contributed by atoms with Gasteiger partial charge < -0.3 is 21.7 Å². The lowest BCUT2D eigenvalue weighted by Crippen LogP contribution is -2.50. The lowest BCUT2D eigenvalue weighted by atomic mass is 9.93. The van der Waals surface area contributed by atoms with Gasteiger partial charge in [0.1, 0.15) is 18.2 Å². The molecule has 0 saturated carbocycles. The number of nitrogens with zero attached hydrogens (tertiary/aromatic N) is 4. The first-order valence-corrected chi connectivity index (χ1v) is 14.1. The monoisotopic (exact) mass is 604 g/mol. The molecule has 222 valence electrons. The Morgan fingerprint density at radius 3 is 2.65 bits per heavy atom. The number of hydrogen-bond acceptors (Lipinski definition) is 7. The molecule has 1 aliphatic rings. The van der Waals surface area contributed by atoms with E-state index >= 15 is 0 Å². The van der Waals surface area contributed by atoms with Crippen molar-refractivity contribution in [2.24, 2.45) is 11.7 Å². The van der Waals surface area contributed by atoms with Gasteiger partial charge >= 0.3 is 0 Å². The van der Waals surface area contributed by atoms with Crippen molar-refractivity contribution in [3.63, 3.8) is 0 Å². The Kier molecular flexibility index (Phi) is 9.07. The molecule has 3 amide bonds. The Bertz CT molecular complexity index is 1630. The molecule has 1 fully saturated rings. The Labute approximate surface area is 252 Å². The Balaban J connectivity index is 1.12. The van der Waals surface area contributed by atoms with E-state index in [1.165, 1.54) is 17.1 Å². The molecule has 0 bridgehead atoms. The van der Waals surface area contributed by atoms with E-state index < -0.39 is 23.8 Å². The molecule has 3 atom stereocenters. The summed E-state index contributed by atoms with van der Waals surface area (Å²) < 4.78 is 15.1. The number of carbonyl (C=O) groups excluding carboxylic acids is 3. The topological polar surface area (TPSA) is 157 Å². The third-order valence-electron chi connectivity index (χ3n) is 7.42. The third kappa shape index (κ3) is 7.22. The van der Waals surface area contributed by atoms with Crippen LogP contribution in [0.15, 0.2) is 67.0 Å². The van der Waals surface area contributed by atoms with Gasteiger partial charge in [-0.25, -0.2) is 9.07 Å². The Morgan fingerprint density at radius 2 is 1.93 bits per heavy atom. The summed E-state index contributed by atoms with van der Waals surface area (Å²) in [6.07, 6.45) is 2.80. The van der Waals surface area contributed by atoms with Gasteiger partial charge in [0.05, 0.1) is 11.7 Å². The van der Waals surface area contributed by atoms with E-state index in [0.717, 1.165) is 23.6 Å². The first-order valence-electron chi connectivity index (χ1n) is 13.7. The summed E-state index contributed by atoms with van der Waals surface area (Å²) in [4.78, 5) is 37.5. The minimum absolute atomic E-state index is 0.128. The highest BCUT2D eigenvalue weighted by atomic mass is 35.5. The second-order valence-electron chi connectivity index (χ2n) is 10.5. The SMILES string of the molecule is C[C@H](NC(=O)[C@H]1C[C@H](Cc2ccc(-c3ccc(F)cc3C(N)=O)cc2)CN1)C(=O)NCc1cc(Cl)ccc1-n1cnnn1. The van der Waals surface area contributed by atoms with Crippen molar-refractivity contribution in [2.75, 3.05) is 6.54 Å². The summed E-state index contributed by atoms with van der Waals surface area (Å²) in [6, 6.07) is 15.6. The maximum atomic E-state index is 13.6. The molecule has 0 aliphatic carbocycles. The zero-order chi connectivity index (χ0) is 30.5. The highest BCUT2D eigenvalue weighted by Crippen LogP contribution is 2.27. The number of rotatable bonds is 10. The predicted octanol–water partition coefficient (Wildman–Crippen LogP) is 2.56. The molecule has 0 spiro atoms. The van der Waals surface area contributed by atoms with Crippen molar-refractivity contribution in [1.82, 2.24) is 36.2 Å². The number of hydrogen-bond donors (Lipinski definition) is 4. The molecular formula is C30H30ClFN8O3. The summed E-state index contributed by atoms with van der Waals surface area (Å²) in [5.74, 6) is -1.59. The molecule has 3 aromatic carbocycles. The summed E-state index contributed by atoms with van der Waals surface area (Å²) in [5.41, 5.74) is 9.34. The summed E-state index contributed by atoms with van der Waals surface area (Å²) in [7, 11) is 0. The van der Waals surface area contributed by atoms with Gasteiger partial charge in [-0.05, 0) is 95.2 Å². The fourth-order valence-corrected chi connectivity index (χ4v) is 5.39. The van der Waals surface area contributed by atoms with Crippen LogP contribution in [0.25, 0.3) is 16.8 Å². The number of primary amides is 1. The van der Waals surface area contributed by atoms with E-state index in [4.69, 9.17) is 17.3 Å². The number of amides is 3. The Morgan fingerprint density at radius 1 is 1.14 bits per heavy atom. The highest BCUT2D eigenvalue weighted by Gasteiger charge is 2.31. The van der Waals surface area contributed by atoms with Crippen LogP contribution in [0, 0.1) is 11.7 Å². The molecule has 1 aromatic heterocycles. The van der Waals surface area contributed by atoms with Crippen molar-refractivity contribution in [1.29, 1.82) is 0 Å². The van der Waals surface area contributed by atoms with Crippen LogP contribution in [0.4, 0.5) is 4.39 Å². The van der Waals surface area contributed by atoms with Crippen molar-refractivity contribution >= 4 is 29.3 Å². The predicted molar refractivity (Wildman–Crippen MR) is 158 cm³/mol. The maximum Gasteiger partial charge on any atom is 0.249 e. The molecule has 5 N–H and O–H groups in total. The lowest BCUT2D eigenvalue weighted by Gasteiger charge is -2.18. The number of aromatic nitrogens is 4. The van der Waals surface area contributed by atoms with Gasteiger partial charge in [0, 0.05) is 17.1 Å². The number of benzene rings is 3. The smallest absolute Gasteiger partial charge is 0.249 e. The van der Waals surface area contributed by atoms with Crippen LogP contribution in [0.3, 0.4) is 0 Å². The molecule has 43 heavy (non-hydrogen) atoms. The molecule has 0 radical (unpaired) electrons. The van der Waals surface area contributed by atoms with Crippen molar-refractivity contribution in [2.45, 2.75) is 38.4 Å². The highest BCUT2D eigenvalue weighted by molar-refractivity contribution is 6.30. The average molecular weight is 605 g/mol. The van der Waals surface area contributed by atoms with Gasteiger partial charge in [-0.2, -0.15) is 0 Å². The van der Waals surface area contributed by atoms with Crippen LogP contribution in [-0.2, 0) is 22.6 Å². The molecule has 0 unspecified atom stereocenters. The van der Waals surface area contributed by atoms with Gasteiger partial charge in [0.15, 0.2) is 0 Å². The Hall–Kier alpha value is -4.68. The molecule has 13 heteroatoms. The number of nitrogens with two attached hydrogens (primary N) is 1. The quantitative estimate of drug-likeness (QED) is 0.217. The first kappa shape index (κ1) is 29.8. The van der Waals surface area contributed by atoms with E-state index in [2.05, 4.69) is 31.5 Å². The number of nitrogens with one attached hydrogen (secondary N) is 3. The van der Waals surface area contributed by atoms with Crippen LogP contribution < -0.4 is 21.7 Å². The largest absolute Gasteiger partial charge is 0.366 e. The standard InChI is InChI=1S/C30H30ClFN8O3/c1-17(29(42)35-15-21-12-22(31)6-9-27(21)40-16-36-38-39-40)37-30(43)26-11-19(14-34-26)10-18-2-4-20(5-3-18)24-8-7-23(32)13-25(24)28(33)41/h2-9,12-13,16-17,19,26,34H,10-11,14-15H2,1H3,(H2,33,41)(H,35,42)(H,37,43)/t17-,19-,26+/m0/s1. The van der Waals surface area contributed by atoms with Crippen molar-refractivity contribution < 1.29 is 18.8 Å². The zero-order valence-corrected chi connectivity index (χ0v) is 24.0. The van der Waals surface area contributed by atoms with Crippen molar-refractivity contribution in [3.05, 3.63) is 94.5 Å². The van der Waals surface area contributed by atoms with Gasteiger partial charge in [0.2, 0.25) is 17.7 Å². The lowest BCUT2D eigenvalue weighted by molar-refractivity contribution is -0.129. The molecule has 1 saturated heterocycles. The first-order chi connectivity index (χ1) is 20.7. The summed E-state index contributed by atoms with van der Waals surface area (Å²) in [5, 5.41) is 20.6. The fraction of sp³-hybridized carbons (Fsp3) is 0.267. The van der Waals surface area contributed by atoms with E-state index in [9.17, 15) is 18.8 Å². The molecule has 5 rings (SSSR count). The summed E-state index contributed by atoms with van der Waals surface area (Å²) in [6.45, 7) is 2.45. The van der Waals surface area contributed by atoms with Gasteiger partial charge in [-0.1, -0.05) is 41.9 Å². The minimum atomic E-state index is -0.756. The van der Waals surface area contributed by atoms with Crippen LogP contribution in [0.2, 0.25) is 5.02 Å². The van der Waals surface area contributed by atoms with E-state index in [0.29, 0.717) is 34.8 Å². The van der Waals surface area contributed by atoms with E-state index in [1.54, 1.807) is 31.2 Å². The summed E-state index contributed by atoms with van der Waals surface area (Å²) >= 11 is 6.15. The van der Waals surface area contributed by atoms with Gasteiger partial charge in [0.25, 0.3) is 0 Å². The van der Waals surface area contributed by atoms with Crippen LogP contribution in [-0.4, -0.2) is 56.6 Å². The molecule has 1 aliphatic heterocycles. The van der Waals surface area contributed by atoms with Crippen LogP contribution in [0.5, 0.6) is 0 Å². The number of halogens is 2. The third-order valence-corrected chi connectivity index (χ3v) is 7.65. The molecule has 11 nitrogen and oxygen atoms in total. The number of tetrazole rings is 1. The molecule has 4 aromatic rings. The molecular weight excluding hydrogens is 575 g/mol. The fourth-order valence-electron chi connectivity index (χ4n) is 5.20. The van der Waals surface area contributed by atoms with Crippen LogP contribution >= 0.6 is 11.6 Å². The van der Waals surface area contributed by atoms with Crippen molar-refractivity contribution in [3.8, 4) is 16.8 Å². The molecule has 2 heterocycles. The average Bonchev–Trinajstić information content (AvgIpc) is 3.69. The van der Waals surface area contributed by atoms with E-state index in [-0.39, 0.29) is 29.8 Å². The van der Waals surface area contributed by atoms with Gasteiger partial charge in [-0.3, -0.25) is 14.4 Å². The maximum absolute atomic E-state index is 13.6.